The number of nitrogens with one attached hydrogen (secondary N) is 1. The Morgan fingerprint density at radius 3 is 2.38 bits per heavy atom. The molecule has 0 fully saturated rings. The van der Waals surface area contributed by atoms with Crippen LogP contribution in [0.2, 0.25) is 5.02 Å². The first-order chi connectivity index (χ1) is 9.93. The molecule has 0 aliphatic rings. The molecule has 21 heavy (non-hydrogen) atoms. The predicted octanol–water partition coefficient (Wildman–Crippen LogP) is 4.93. The molecule has 112 valence electrons. The van der Waals surface area contributed by atoms with Crippen molar-refractivity contribution in [3.63, 3.8) is 0 Å². The van der Waals surface area contributed by atoms with Crippen LogP contribution < -0.4 is 5.32 Å². The highest BCUT2D eigenvalue weighted by molar-refractivity contribution is 6.30. The van der Waals surface area contributed by atoms with E-state index < -0.39 is 5.82 Å². The third-order valence-corrected chi connectivity index (χ3v) is 3.74. The molecule has 1 atom stereocenters. The average Bonchev–Trinajstić information content (AvgIpc) is 2.40. The zero-order chi connectivity index (χ0) is 15.6. The van der Waals surface area contributed by atoms with Gasteiger partial charge in [-0.05, 0) is 55.3 Å². The van der Waals surface area contributed by atoms with Gasteiger partial charge in [-0.25, -0.2) is 8.78 Å². The van der Waals surface area contributed by atoms with Crippen molar-refractivity contribution in [1.82, 2.24) is 5.32 Å². The highest BCUT2D eigenvalue weighted by Gasteiger charge is 2.20. The Hall–Kier alpha value is -1.45. The zero-order valence-electron chi connectivity index (χ0n) is 12.3. The van der Waals surface area contributed by atoms with Gasteiger partial charge in [0.2, 0.25) is 0 Å². The number of halogens is 3. The predicted molar refractivity (Wildman–Crippen MR) is 82.8 cm³/mol. The fraction of sp³-hybridized carbons (Fsp3) is 0.294. The summed E-state index contributed by atoms with van der Waals surface area (Å²) in [7, 11) is 0. The maximum Gasteiger partial charge on any atom is 0.141 e. The molecule has 0 aliphatic carbocycles. The molecule has 1 nitrogen and oxygen atoms in total. The van der Waals surface area contributed by atoms with E-state index in [-0.39, 0.29) is 16.9 Å². The van der Waals surface area contributed by atoms with Crippen molar-refractivity contribution >= 4 is 11.6 Å². The maximum atomic E-state index is 14.4. The first-order valence-corrected chi connectivity index (χ1v) is 7.26. The summed E-state index contributed by atoms with van der Waals surface area (Å²) in [5.74, 6) is -0.740. The lowest BCUT2D eigenvalue weighted by Gasteiger charge is -2.22. The van der Waals surface area contributed by atoms with Gasteiger partial charge in [0.25, 0.3) is 0 Å². The van der Waals surface area contributed by atoms with Crippen LogP contribution in [0, 0.1) is 25.5 Å². The minimum absolute atomic E-state index is 0.0422. The quantitative estimate of drug-likeness (QED) is 0.844. The van der Waals surface area contributed by atoms with E-state index in [2.05, 4.69) is 5.32 Å². The summed E-state index contributed by atoms with van der Waals surface area (Å²) in [6.45, 7) is 6.34. The van der Waals surface area contributed by atoms with Crippen LogP contribution >= 0.6 is 11.6 Å². The van der Waals surface area contributed by atoms with Gasteiger partial charge in [-0.1, -0.05) is 30.7 Å². The van der Waals surface area contributed by atoms with Crippen molar-refractivity contribution in [3.05, 3.63) is 69.2 Å². The molecule has 0 spiro atoms. The number of aryl methyl sites for hydroxylation is 2. The average molecular weight is 310 g/mol. The third-order valence-electron chi connectivity index (χ3n) is 3.45. The van der Waals surface area contributed by atoms with Crippen LogP contribution in [0.25, 0.3) is 0 Å². The van der Waals surface area contributed by atoms with Gasteiger partial charge in [0.1, 0.15) is 11.6 Å². The molecular weight excluding hydrogens is 292 g/mol. The molecule has 4 heteroatoms. The van der Waals surface area contributed by atoms with E-state index in [1.165, 1.54) is 12.1 Å². The Morgan fingerprint density at radius 1 is 1.10 bits per heavy atom. The van der Waals surface area contributed by atoms with Crippen LogP contribution in [0.5, 0.6) is 0 Å². The molecule has 0 radical (unpaired) electrons. The van der Waals surface area contributed by atoms with Crippen LogP contribution in [0.3, 0.4) is 0 Å². The van der Waals surface area contributed by atoms with Gasteiger partial charge in [0.15, 0.2) is 0 Å². The van der Waals surface area contributed by atoms with Crippen LogP contribution in [0.15, 0.2) is 30.3 Å². The minimum Gasteiger partial charge on any atom is -0.306 e. The van der Waals surface area contributed by atoms with Gasteiger partial charge < -0.3 is 5.32 Å². The Labute approximate surface area is 128 Å². The summed E-state index contributed by atoms with van der Waals surface area (Å²) in [4.78, 5) is 0. The molecule has 0 bridgehead atoms. The van der Waals surface area contributed by atoms with Crippen LogP contribution in [0.4, 0.5) is 8.78 Å². The Morgan fingerprint density at radius 2 is 1.81 bits per heavy atom. The summed E-state index contributed by atoms with van der Waals surface area (Å²) in [5.41, 5.74) is 3.05. The molecule has 0 heterocycles. The van der Waals surface area contributed by atoms with Crippen molar-refractivity contribution in [1.29, 1.82) is 0 Å². The number of hydrogen-bond acceptors (Lipinski definition) is 1. The number of benzene rings is 2. The van der Waals surface area contributed by atoms with Gasteiger partial charge in [0, 0.05) is 5.56 Å². The summed E-state index contributed by atoms with van der Waals surface area (Å²) in [6.07, 6.45) is 0. The van der Waals surface area contributed by atoms with E-state index >= 15 is 0 Å². The maximum absolute atomic E-state index is 14.4. The number of hydrogen-bond donors (Lipinski definition) is 1. The van der Waals surface area contributed by atoms with E-state index in [0.29, 0.717) is 12.1 Å². The Bertz CT molecular complexity index is 632. The van der Waals surface area contributed by atoms with Gasteiger partial charge >= 0.3 is 0 Å². The van der Waals surface area contributed by atoms with Crippen molar-refractivity contribution in [2.24, 2.45) is 0 Å². The van der Waals surface area contributed by atoms with E-state index in [1.54, 1.807) is 12.1 Å². The second-order valence-corrected chi connectivity index (χ2v) is 5.55. The molecule has 1 unspecified atom stereocenters. The molecule has 0 aliphatic heterocycles. The standard InChI is InChI=1S/C17H18ClF2N/c1-4-21-17(12-5-6-14(19)13(18)9-12)16-11(3)7-10(2)8-15(16)20/h5-9,17,21H,4H2,1-3H3. The summed E-state index contributed by atoms with van der Waals surface area (Å²) < 4.78 is 27.7. The second-order valence-electron chi connectivity index (χ2n) is 5.14. The Balaban J connectivity index is 2.55. The van der Waals surface area contributed by atoms with E-state index in [9.17, 15) is 8.78 Å². The SMILES string of the molecule is CCNC(c1ccc(F)c(Cl)c1)c1c(C)cc(C)cc1F. The lowest BCUT2D eigenvalue weighted by molar-refractivity contribution is 0.554. The van der Waals surface area contributed by atoms with Gasteiger partial charge in [0.05, 0.1) is 11.1 Å². The smallest absolute Gasteiger partial charge is 0.141 e. The van der Waals surface area contributed by atoms with Crippen molar-refractivity contribution < 1.29 is 8.78 Å². The summed E-state index contributed by atoms with van der Waals surface area (Å²) in [5, 5.41) is 3.28. The fourth-order valence-corrected chi connectivity index (χ4v) is 2.76. The molecule has 2 aromatic carbocycles. The molecule has 0 saturated heterocycles. The largest absolute Gasteiger partial charge is 0.306 e. The molecule has 2 aromatic rings. The van der Waals surface area contributed by atoms with Gasteiger partial charge in [-0.15, -0.1) is 0 Å². The monoisotopic (exact) mass is 309 g/mol. The highest BCUT2D eigenvalue weighted by Crippen LogP contribution is 2.30. The molecule has 2 rings (SSSR count). The van der Waals surface area contributed by atoms with Gasteiger partial charge in [-0.2, -0.15) is 0 Å². The van der Waals surface area contributed by atoms with Crippen LogP contribution in [-0.4, -0.2) is 6.54 Å². The normalized spacial score (nSPS) is 12.5. The summed E-state index contributed by atoms with van der Waals surface area (Å²) >= 11 is 5.85. The van der Waals surface area contributed by atoms with Crippen molar-refractivity contribution in [2.45, 2.75) is 26.8 Å². The lowest BCUT2D eigenvalue weighted by Crippen LogP contribution is -2.24. The first-order valence-electron chi connectivity index (χ1n) is 6.89. The van der Waals surface area contributed by atoms with Crippen molar-refractivity contribution in [3.8, 4) is 0 Å². The first kappa shape index (κ1) is 15.9. The second kappa shape index (κ2) is 6.54. The minimum atomic E-state index is -0.475. The Kier molecular flexibility index (Phi) is 4.96. The topological polar surface area (TPSA) is 12.0 Å². The van der Waals surface area contributed by atoms with E-state index in [0.717, 1.165) is 16.7 Å². The molecule has 0 aromatic heterocycles. The zero-order valence-corrected chi connectivity index (χ0v) is 13.1. The molecule has 0 amide bonds. The molecule has 0 saturated carbocycles. The van der Waals surface area contributed by atoms with Crippen LogP contribution in [0.1, 0.15) is 35.2 Å². The number of rotatable bonds is 4. The van der Waals surface area contributed by atoms with E-state index in [4.69, 9.17) is 11.6 Å². The fourth-order valence-electron chi connectivity index (χ4n) is 2.58. The van der Waals surface area contributed by atoms with E-state index in [1.807, 2.05) is 26.8 Å². The highest BCUT2D eigenvalue weighted by atomic mass is 35.5. The van der Waals surface area contributed by atoms with Crippen LogP contribution in [-0.2, 0) is 0 Å². The third kappa shape index (κ3) is 3.42. The lowest BCUT2D eigenvalue weighted by atomic mass is 9.93. The van der Waals surface area contributed by atoms with Crippen molar-refractivity contribution in [2.75, 3.05) is 6.54 Å². The molecular formula is C17H18ClF2N. The summed E-state index contributed by atoms with van der Waals surface area (Å²) in [6, 6.07) is 7.58. The van der Waals surface area contributed by atoms with Gasteiger partial charge in [-0.3, -0.25) is 0 Å². The molecule has 1 N–H and O–H groups in total.